The lowest BCUT2D eigenvalue weighted by molar-refractivity contribution is -0.244. The first-order valence-corrected chi connectivity index (χ1v) is 10.3. The summed E-state index contributed by atoms with van der Waals surface area (Å²) in [6.45, 7) is 2.89. The molecule has 9 atom stereocenters. The van der Waals surface area contributed by atoms with Crippen LogP contribution in [0.5, 0.6) is 0 Å². The number of methoxy groups -OCH3 is 2. The molecule has 0 amide bonds. The molecule has 0 saturated heterocycles. The Morgan fingerprint density at radius 3 is 2.52 bits per heavy atom. The van der Waals surface area contributed by atoms with Gasteiger partial charge < -0.3 is 19.7 Å². The van der Waals surface area contributed by atoms with E-state index in [0.717, 1.165) is 42.9 Å². The van der Waals surface area contributed by atoms with Crippen LogP contribution < -0.4 is 0 Å². The number of hydrogen-bond acceptors (Lipinski definition) is 4. The minimum absolute atomic E-state index is 0.273. The van der Waals surface area contributed by atoms with Gasteiger partial charge in [-0.1, -0.05) is 6.92 Å². The van der Waals surface area contributed by atoms with Crippen LogP contribution in [0.25, 0.3) is 0 Å². The zero-order valence-corrected chi connectivity index (χ0v) is 16.1. The van der Waals surface area contributed by atoms with E-state index in [2.05, 4.69) is 6.92 Å². The predicted octanol–water partition coefficient (Wildman–Crippen LogP) is 3.21. The molecule has 4 aliphatic rings. The van der Waals surface area contributed by atoms with E-state index in [-0.39, 0.29) is 5.41 Å². The summed E-state index contributed by atoms with van der Waals surface area (Å²) in [7, 11) is 3.33. The Bertz CT molecular complexity index is 496. The molecule has 4 fully saturated rings. The molecule has 4 heteroatoms. The molecule has 0 heterocycles. The molecule has 144 valence electrons. The van der Waals surface area contributed by atoms with Gasteiger partial charge in [-0.25, -0.2) is 0 Å². The van der Waals surface area contributed by atoms with E-state index < -0.39 is 11.9 Å². The number of aliphatic hydroxyl groups is 2. The van der Waals surface area contributed by atoms with E-state index >= 15 is 0 Å². The van der Waals surface area contributed by atoms with Crippen LogP contribution in [-0.4, -0.2) is 42.9 Å². The molecular weight excluding hydrogens is 316 g/mol. The zero-order chi connectivity index (χ0) is 17.8. The van der Waals surface area contributed by atoms with Gasteiger partial charge >= 0.3 is 0 Å². The Balaban J connectivity index is 1.45. The van der Waals surface area contributed by atoms with Crippen molar-refractivity contribution in [1.29, 1.82) is 0 Å². The largest absolute Gasteiger partial charge is 0.387 e. The smallest absolute Gasteiger partial charge is 0.157 e. The highest BCUT2D eigenvalue weighted by Crippen LogP contribution is 2.67. The highest BCUT2D eigenvalue weighted by atomic mass is 16.6. The maximum atomic E-state index is 10.8. The lowest BCUT2D eigenvalue weighted by atomic mass is 9.40. The van der Waals surface area contributed by atoms with Gasteiger partial charge in [0.2, 0.25) is 0 Å². The molecule has 0 bridgehead atoms. The minimum atomic E-state index is -0.590. The van der Waals surface area contributed by atoms with Crippen LogP contribution in [0.4, 0.5) is 0 Å². The van der Waals surface area contributed by atoms with Crippen molar-refractivity contribution in [2.75, 3.05) is 20.8 Å². The molecule has 4 saturated carbocycles. The van der Waals surface area contributed by atoms with E-state index in [9.17, 15) is 10.2 Å². The fourth-order valence-corrected chi connectivity index (χ4v) is 7.60. The first-order valence-electron chi connectivity index (χ1n) is 10.3. The number of rotatable bonds is 4. The Morgan fingerprint density at radius 1 is 1.04 bits per heavy atom. The van der Waals surface area contributed by atoms with Crippen molar-refractivity contribution in [3.05, 3.63) is 0 Å². The van der Waals surface area contributed by atoms with Gasteiger partial charge in [0.1, 0.15) is 0 Å². The van der Waals surface area contributed by atoms with Gasteiger partial charge in [0, 0.05) is 20.1 Å². The number of ether oxygens (including phenoxy) is 2. The molecule has 25 heavy (non-hydrogen) atoms. The van der Waals surface area contributed by atoms with Crippen molar-refractivity contribution in [3.63, 3.8) is 0 Å². The van der Waals surface area contributed by atoms with Gasteiger partial charge in [0.25, 0.3) is 0 Å². The van der Waals surface area contributed by atoms with Gasteiger partial charge in [-0.15, -0.1) is 0 Å². The van der Waals surface area contributed by atoms with Crippen molar-refractivity contribution in [2.45, 2.75) is 70.2 Å². The Hall–Kier alpha value is -0.160. The molecule has 0 aromatic rings. The van der Waals surface area contributed by atoms with Crippen LogP contribution in [0.2, 0.25) is 0 Å². The van der Waals surface area contributed by atoms with Gasteiger partial charge in [0.05, 0.1) is 12.2 Å². The predicted molar refractivity (Wildman–Crippen MR) is 95.8 cm³/mol. The number of aliphatic hydroxyl groups excluding tert-OH is 1. The van der Waals surface area contributed by atoms with Crippen molar-refractivity contribution >= 4 is 0 Å². The van der Waals surface area contributed by atoms with E-state index in [1.807, 2.05) is 0 Å². The van der Waals surface area contributed by atoms with Crippen LogP contribution in [-0.2, 0) is 9.47 Å². The second-order valence-corrected chi connectivity index (χ2v) is 9.85. The molecule has 4 nitrogen and oxygen atoms in total. The van der Waals surface area contributed by atoms with Gasteiger partial charge in [-0.2, -0.15) is 0 Å². The van der Waals surface area contributed by atoms with Gasteiger partial charge in [-0.05, 0) is 86.4 Å². The van der Waals surface area contributed by atoms with Crippen molar-refractivity contribution < 1.29 is 19.7 Å². The SMILES string of the molecule is COC[C@@]1(O)CC[C@H]2[C@H](CC[C@@H]3[C@@H]2CC[C@]2(C)C(C(O)OC)C[C@@H]32)C1. The third-order valence-corrected chi connectivity index (χ3v) is 8.90. The summed E-state index contributed by atoms with van der Waals surface area (Å²) in [4.78, 5) is 0. The van der Waals surface area contributed by atoms with Crippen molar-refractivity contribution in [2.24, 2.45) is 40.9 Å². The summed E-state index contributed by atoms with van der Waals surface area (Å²) in [6, 6.07) is 0. The van der Waals surface area contributed by atoms with E-state index in [1.165, 1.54) is 32.1 Å². The van der Waals surface area contributed by atoms with Crippen LogP contribution >= 0.6 is 0 Å². The third kappa shape index (κ3) is 2.79. The molecular formula is C21H36O4. The fourth-order valence-electron chi connectivity index (χ4n) is 7.60. The summed E-state index contributed by atoms with van der Waals surface area (Å²) in [5.74, 6) is 4.23. The van der Waals surface area contributed by atoms with E-state index in [4.69, 9.17) is 9.47 Å². The maximum absolute atomic E-state index is 10.8. The summed E-state index contributed by atoms with van der Waals surface area (Å²) < 4.78 is 10.5. The normalized spacial score (nSPS) is 53.2. The average molecular weight is 353 g/mol. The Morgan fingerprint density at radius 2 is 1.80 bits per heavy atom. The number of fused-ring (bicyclic) bond motifs is 5. The molecule has 0 radical (unpaired) electrons. The second kappa shape index (κ2) is 6.47. The highest BCUT2D eigenvalue weighted by molar-refractivity contribution is 5.10. The quantitative estimate of drug-likeness (QED) is 0.763. The molecule has 0 aliphatic heterocycles. The first-order chi connectivity index (χ1) is 11.9. The molecule has 4 rings (SSSR count). The molecule has 0 spiro atoms. The summed E-state index contributed by atoms with van der Waals surface area (Å²) in [5.41, 5.74) is -0.315. The van der Waals surface area contributed by atoms with E-state index in [1.54, 1.807) is 14.2 Å². The van der Waals surface area contributed by atoms with Crippen LogP contribution in [0, 0.1) is 40.9 Å². The molecule has 0 aromatic heterocycles. The van der Waals surface area contributed by atoms with Crippen LogP contribution in [0.15, 0.2) is 0 Å². The Labute approximate surface area is 152 Å². The highest BCUT2D eigenvalue weighted by Gasteiger charge is 2.62. The maximum Gasteiger partial charge on any atom is 0.157 e. The summed E-state index contributed by atoms with van der Waals surface area (Å²) >= 11 is 0. The van der Waals surface area contributed by atoms with Crippen LogP contribution in [0.3, 0.4) is 0 Å². The molecule has 4 aliphatic carbocycles. The average Bonchev–Trinajstić information content (AvgIpc) is 2.58. The topological polar surface area (TPSA) is 58.9 Å². The fraction of sp³-hybridized carbons (Fsp3) is 1.00. The monoisotopic (exact) mass is 352 g/mol. The summed E-state index contributed by atoms with van der Waals surface area (Å²) in [5, 5.41) is 21.0. The number of hydrogen-bond donors (Lipinski definition) is 2. The third-order valence-electron chi connectivity index (χ3n) is 8.90. The van der Waals surface area contributed by atoms with E-state index in [0.29, 0.717) is 18.4 Å². The van der Waals surface area contributed by atoms with Gasteiger partial charge in [0.15, 0.2) is 6.29 Å². The lowest BCUT2D eigenvalue weighted by Crippen LogP contribution is -2.61. The van der Waals surface area contributed by atoms with Crippen LogP contribution in [0.1, 0.15) is 58.3 Å². The molecule has 0 aromatic carbocycles. The molecule has 2 unspecified atom stereocenters. The van der Waals surface area contributed by atoms with Gasteiger partial charge in [-0.3, -0.25) is 0 Å². The van der Waals surface area contributed by atoms with Crippen molar-refractivity contribution in [3.8, 4) is 0 Å². The standard InChI is InChI=1S/C21H36O4/c1-20-8-6-15-14-7-9-21(23,12-24-2)11-13(14)4-5-16(15)17(20)10-18(20)19(22)25-3/h13-19,22-23H,4-12H2,1-3H3/t13-,14+,15-,16-,17+,18?,19?,20+,21-/m1/s1. The lowest BCUT2D eigenvalue weighted by Gasteiger charge is -2.66. The minimum Gasteiger partial charge on any atom is -0.387 e. The Kier molecular flexibility index (Phi) is 4.71. The molecule has 2 N–H and O–H groups in total. The summed E-state index contributed by atoms with van der Waals surface area (Å²) in [6.07, 6.45) is 8.65. The zero-order valence-electron chi connectivity index (χ0n) is 16.1. The second-order valence-electron chi connectivity index (χ2n) is 9.85. The van der Waals surface area contributed by atoms with Crippen molar-refractivity contribution in [1.82, 2.24) is 0 Å². The first kappa shape index (κ1) is 18.2.